The lowest BCUT2D eigenvalue weighted by molar-refractivity contribution is -0.159. The number of amides is 2. The topological polar surface area (TPSA) is 40.6 Å². The van der Waals surface area contributed by atoms with Gasteiger partial charge in [0, 0.05) is 11.6 Å². The average Bonchev–Trinajstić information content (AvgIpc) is 2.95. The highest BCUT2D eigenvalue weighted by Gasteiger charge is 2.48. The van der Waals surface area contributed by atoms with Gasteiger partial charge in [0.2, 0.25) is 5.91 Å². The number of benzene rings is 1. The Balaban J connectivity index is 2.01. The number of carbonyl (C=O) groups is 2. The summed E-state index contributed by atoms with van der Waals surface area (Å²) >= 11 is 5.91. The lowest BCUT2D eigenvalue weighted by Gasteiger charge is -2.42. The van der Waals surface area contributed by atoms with Gasteiger partial charge in [-0.25, -0.2) is 0 Å². The third-order valence-corrected chi connectivity index (χ3v) is 4.23. The Morgan fingerprint density at radius 3 is 2.62 bits per heavy atom. The molecule has 0 spiro atoms. The number of piperazine rings is 1. The Bertz CT molecular complexity index is 587. The van der Waals surface area contributed by atoms with Crippen LogP contribution in [-0.4, -0.2) is 40.7 Å². The normalized spacial score (nSPS) is 25.2. The molecule has 21 heavy (non-hydrogen) atoms. The van der Waals surface area contributed by atoms with Gasteiger partial charge in [-0.3, -0.25) is 9.59 Å². The number of rotatable bonds is 3. The van der Waals surface area contributed by atoms with Crippen molar-refractivity contribution in [2.24, 2.45) is 0 Å². The summed E-state index contributed by atoms with van der Waals surface area (Å²) < 4.78 is 0. The molecule has 2 unspecified atom stereocenters. The first kappa shape index (κ1) is 14.1. The maximum Gasteiger partial charge on any atom is 0.250 e. The molecule has 0 bridgehead atoms. The number of hydrogen-bond donors (Lipinski definition) is 0. The van der Waals surface area contributed by atoms with Gasteiger partial charge < -0.3 is 9.80 Å². The molecule has 2 saturated heterocycles. The van der Waals surface area contributed by atoms with E-state index in [0.29, 0.717) is 11.6 Å². The lowest BCUT2D eigenvalue weighted by atomic mass is 9.98. The summed E-state index contributed by atoms with van der Waals surface area (Å²) in [6.45, 7) is 4.53. The molecule has 2 fully saturated rings. The molecule has 0 aromatic heterocycles. The van der Waals surface area contributed by atoms with Gasteiger partial charge in [0.15, 0.2) is 0 Å². The van der Waals surface area contributed by atoms with Gasteiger partial charge in [-0.05, 0) is 18.4 Å². The molecule has 2 amide bonds. The summed E-state index contributed by atoms with van der Waals surface area (Å²) in [4.78, 5) is 28.8. The van der Waals surface area contributed by atoms with E-state index in [1.807, 2.05) is 30.3 Å². The van der Waals surface area contributed by atoms with E-state index in [1.54, 1.807) is 9.80 Å². The van der Waals surface area contributed by atoms with E-state index >= 15 is 0 Å². The second kappa shape index (κ2) is 5.53. The van der Waals surface area contributed by atoms with Crippen molar-refractivity contribution in [3.63, 3.8) is 0 Å². The third kappa shape index (κ3) is 2.44. The van der Waals surface area contributed by atoms with Crippen molar-refractivity contribution in [2.75, 3.05) is 13.1 Å². The molecule has 0 N–H and O–H groups in total. The van der Waals surface area contributed by atoms with Gasteiger partial charge >= 0.3 is 0 Å². The van der Waals surface area contributed by atoms with Crippen molar-refractivity contribution < 1.29 is 9.59 Å². The van der Waals surface area contributed by atoms with Crippen LogP contribution in [0.1, 0.15) is 24.4 Å². The number of fused-ring (bicyclic) bond motifs is 1. The molecule has 0 saturated carbocycles. The fraction of sp³-hybridized carbons (Fsp3) is 0.375. The van der Waals surface area contributed by atoms with Crippen LogP contribution in [-0.2, 0) is 9.59 Å². The molecule has 1 aromatic rings. The minimum Gasteiger partial charge on any atom is -0.329 e. The molecule has 2 heterocycles. The molecule has 2 aliphatic heterocycles. The summed E-state index contributed by atoms with van der Waals surface area (Å²) in [6, 6.07) is 8.46. The first-order valence-electron chi connectivity index (χ1n) is 7.09. The summed E-state index contributed by atoms with van der Waals surface area (Å²) in [6.07, 6.45) is 1.61. The minimum absolute atomic E-state index is 0.0128. The van der Waals surface area contributed by atoms with Gasteiger partial charge in [0.25, 0.3) is 5.91 Å². The Morgan fingerprint density at radius 1 is 1.24 bits per heavy atom. The van der Waals surface area contributed by atoms with Crippen LogP contribution in [0.3, 0.4) is 0 Å². The highest BCUT2D eigenvalue weighted by atomic mass is 35.5. The highest BCUT2D eigenvalue weighted by molar-refractivity contribution is 6.29. The molecule has 4 nitrogen and oxygen atoms in total. The van der Waals surface area contributed by atoms with E-state index < -0.39 is 6.04 Å². The Labute approximate surface area is 129 Å². The van der Waals surface area contributed by atoms with Crippen molar-refractivity contribution >= 4 is 23.4 Å². The van der Waals surface area contributed by atoms with Gasteiger partial charge in [-0.2, -0.15) is 0 Å². The van der Waals surface area contributed by atoms with E-state index in [4.69, 9.17) is 11.6 Å². The lowest BCUT2D eigenvalue weighted by Crippen LogP contribution is -2.58. The van der Waals surface area contributed by atoms with Crippen molar-refractivity contribution in [3.05, 3.63) is 47.5 Å². The van der Waals surface area contributed by atoms with E-state index in [1.165, 1.54) is 0 Å². The molecule has 2 atom stereocenters. The minimum atomic E-state index is -0.594. The second-order valence-electron chi connectivity index (χ2n) is 5.49. The van der Waals surface area contributed by atoms with Crippen LogP contribution in [0, 0.1) is 0 Å². The van der Waals surface area contributed by atoms with E-state index in [0.717, 1.165) is 18.4 Å². The molecule has 3 rings (SSSR count). The van der Waals surface area contributed by atoms with Crippen LogP contribution < -0.4 is 0 Å². The van der Waals surface area contributed by atoms with Crippen LogP contribution >= 0.6 is 11.6 Å². The predicted octanol–water partition coefficient (Wildman–Crippen LogP) is 2.31. The fourth-order valence-electron chi connectivity index (χ4n) is 3.21. The number of carbonyl (C=O) groups excluding carboxylic acids is 2. The monoisotopic (exact) mass is 304 g/mol. The van der Waals surface area contributed by atoms with Gasteiger partial charge in [0.05, 0.1) is 6.54 Å². The molecule has 2 aliphatic rings. The van der Waals surface area contributed by atoms with Crippen LogP contribution in [0.4, 0.5) is 0 Å². The highest BCUT2D eigenvalue weighted by Crippen LogP contribution is 2.35. The summed E-state index contributed by atoms with van der Waals surface area (Å²) in [7, 11) is 0. The summed E-state index contributed by atoms with van der Waals surface area (Å²) in [5, 5.41) is 0.364. The largest absolute Gasteiger partial charge is 0.329 e. The number of halogens is 1. The van der Waals surface area contributed by atoms with Gasteiger partial charge in [-0.15, -0.1) is 0 Å². The molecule has 110 valence electrons. The van der Waals surface area contributed by atoms with Crippen molar-refractivity contribution in [2.45, 2.75) is 24.9 Å². The van der Waals surface area contributed by atoms with Crippen LogP contribution in [0.5, 0.6) is 0 Å². The molecule has 0 radical (unpaired) electrons. The maximum absolute atomic E-state index is 12.8. The Morgan fingerprint density at radius 2 is 1.95 bits per heavy atom. The molecular formula is C16H17ClN2O2. The molecular weight excluding hydrogens is 288 g/mol. The zero-order chi connectivity index (χ0) is 15.0. The average molecular weight is 305 g/mol. The predicted molar refractivity (Wildman–Crippen MR) is 80.6 cm³/mol. The quantitative estimate of drug-likeness (QED) is 0.860. The first-order chi connectivity index (χ1) is 10.1. The Kier molecular flexibility index (Phi) is 3.72. The maximum atomic E-state index is 12.8. The molecule has 5 heteroatoms. The van der Waals surface area contributed by atoms with E-state index in [-0.39, 0.29) is 24.4 Å². The Hall–Kier alpha value is -1.81. The van der Waals surface area contributed by atoms with Gasteiger partial charge in [0.1, 0.15) is 12.1 Å². The van der Waals surface area contributed by atoms with E-state index in [9.17, 15) is 9.59 Å². The smallest absolute Gasteiger partial charge is 0.250 e. The summed E-state index contributed by atoms with van der Waals surface area (Å²) in [5.74, 6) is -0.0380. The van der Waals surface area contributed by atoms with Crippen molar-refractivity contribution in [1.82, 2.24) is 9.80 Å². The first-order valence-corrected chi connectivity index (χ1v) is 7.46. The van der Waals surface area contributed by atoms with Crippen LogP contribution in [0.15, 0.2) is 41.9 Å². The zero-order valence-corrected chi connectivity index (χ0v) is 12.4. The third-order valence-electron chi connectivity index (χ3n) is 4.11. The second-order valence-corrected chi connectivity index (χ2v) is 6.02. The fourth-order valence-corrected chi connectivity index (χ4v) is 3.34. The SMILES string of the molecule is C=C(Cl)CN1C(=O)C2CCCN2C(=O)C1c1ccccc1. The molecule has 0 aliphatic carbocycles. The standard InChI is InChI=1S/C16H17ClN2O2/c1-11(17)10-19-14(12-6-3-2-4-7-12)16(21)18-9-5-8-13(18)15(19)20/h2-4,6-7,13-14H,1,5,8-10H2. The molecule has 1 aromatic carbocycles. The zero-order valence-electron chi connectivity index (χ0n) is 11.7. The number of hydrogen-bond acceptors (Lipinski definition) is 2. The summed E-state index contributed by atoms with van der Waals surface area (Å²) in [5.41, 5.74) is 0.819. The van der Waals surface area contributed by atoms with E-state index in [2.05, 4.69) is 6.58 Å². The van der Waals surface area contributed by atoms with Crippen molar-refractivity contribution in [1.29, 1.82) is 0 Å². The van der Waals surface area contributed by atoms with Crippen LogP contribution in [0.2, 0.25) is 0 Å². The van der Waals surface area contributed by atoms with Crippen LogP contribution in [0.25, 0.3) is 0 Å². The number of nitrogens with zero attached hydrogens (tertiary/aromatic N) is 2. The van der Waals surface area contributed by atoms with Crippen molar-refractivity contribution in [3.8, 4) is 0 Å². The van der Waals surface area contributed by atoms with Gasteiger partial charge in [-0.1, -0.05) is 48.5 Å².